The van der Waals surface area contributed by atoms with E-state index in [0.29, 0.717) is 31.0 Å². The molecule has 0 unspecified atom stereocenters. The van der Waals surface area contributed by atoms with Crippen LogP contribution in [0.25, 0.3) is 0 Å². The molecule has 3 aliphatic rings. The molecule has 4 rings (SSSR count). The van der Waals surface area contributed by atoms with Crippen molar-refractivity contribution in [1.29, 1.82) is 0 Å². The Labute approximate surface area is 182 Å². The second-order valence-electron chi connectivity index (χ2n) is 8.81. The maximum Gasteiger partial charge on any atom is 0.325 e. The summed E-state index contributed by atoms with van der Waals surface area (Å²) in [6, 6.07) is 7.21. The van der Waals surface area contributed by atoms with Gasteiger partial charge in [-0.1, -0.05) is 26.0 Å². The highest BCUT2D eigenvalue weighted by atomic mass is 16.2. The van der Waals surface area contributed by atoms with Crippen LogP contribution in [0.1, 0.15) is 68.3 Å². The van der Waals surface area contributed by atoms with Crippen molar-refractivity contribution in [3.63, 3.8) is 0 Å². The molecular formula is C23H30N4O4. The zero-order chi connectivity index (χ0) is 22.2. The van der Waals surface area contributed by atoms with Gasteiger partial charge in [-0.05, 0) is 56.2 Å². The van der Waals surface area contributed by atoms with Crippen LogP contribution >= 0.6 is 0 Å². The predicted octanol–water partition coefficient (Wildman–Crippen LogP) is 2.18. The molecule has 2 aliphatic carbocycles. The molecule has 2 N–H and O–H groups in total. The smallest absolute Gasteiger partial charge is 0.325 e. The lowest BCUT2D eigenvalue weighted by molar-refractivity contribution is -0.139. The number of rotatable bonds is 9. The fourth-order valence-corrected chi connectivity index (χ4v) is 4.04. The summed E-state index contributed by atoms with van der Waals surface area (Å²) in [5.41, 5.74) is 0.616. The van der Waals surface area contributed by atoms with Gasteiger partial charge in [0.2, 0.25) is 5.91 Å². The standard InChI is InChI=1S/C23H30N4O4/c1-3-23(4-2)21(30)27(22(31)25-23)14-19(28)26(18-11-12-18)13-15-5-7-16(8-6-15)20(29)24-17-9-10-17/h5-8,17-18H,3-4,9-14H2,1-2H3,(H,24,29)(H,25,31). The minimum Gasteiger partial charge on any atom is -0.349 e. The van der Waals surface area contributed by atoms with Crippen molar-refractivity contribution >= 4 is 23.8 Å². The fourth-order valence-electron chi connectivity index (χ4n) is 4.04. The van der Waals surface area contributed by atoms with E-state index in [9.17, 15) is 19.2 Å². The lowest BCUT2D eigenvalue weighted by atomic mass is 9.93. The van der Waals surface area contributed by atoms with Crippen molar-refractivity contribution in [3.8, 4) is 0 Å². The lowest BCUT2D eigenvalue weighted by Gasteiger charge is -2.26. The third-order valence-corrected chi connectivity index (χ3v) is 6.54. The number of carbonyl (C=O) groups excluding carboxylic acids is 4. The Morgan fingerprint density at radius 1 is 1.10 bits per heavy atom. The van der Waals surface area contributed by atoms with Gasteiger partial charge in [-0.3, -0.25) is 19.3 Å². The van der Waals surface area contributed by atoms with Gasteiger partial charge in [0.1, 0.15) is 12.1 Å². The van der Waals surface area contributed by atoms with Gasteiger partial charge in [0.25, 0.3) is 11.8 Å². The average Bonchev–Trinajstić information content (AvgIpc) is 3.69. The summed E-state index contributed by atoms with van der Waals surface area (Å²) >= 11 is 0. The summed E-state index contributed by atoms with van der Waals surface area (Å²) < 4.78 is 0. The van der Waals surface area contributed by atoms with Crippen LogP contribution in [0.2, 0.25) is 0 Å². The molecule has 1 aromatic rings. The van der Waals surface area contributed by atoms with Gasteiger partial charge < -0.3 is 15.5 Å². The van der Waals surface area contributed by atoms with Crippen LogP contribution in [0.15, 0.2) is 24.3 Å². The zero-order valence-corrected chi connectivity index (χ0v) is 18.1. The second-order valence-corrected chi connectivity index (χ2v) is 8.81. The third kappa shape index (κ3) is 4.43. The number of hydrogen-bond donors (Lipinski definition) is 2. The Morgan fingerprint density at radius 2 is 1.74 bits per heavy atom. The first-order valence-electron chi connectivity index (χ1n) is 11.2. The quantitative estimate of drug-likeness (QED) is 0.591. The molecule has 1 heterocycles. The van der Waals surface area contributed by atoms with E-state index < -0.39 is 11.6 Å². The minimum atomic E-state index is -0.904. The molecular weight excluding hydrogens is 396 g/mol. The monoisotopic (exact) mass is 426 g/mol. The van der Waals surface area contributed by atoms with Gasteiger partial charge in [0, 0.05) is 24.2 Å². The van der Waals surface area contributed by atoms with Gasteiger partial charge in [0.05, 0.1) is 0 Å². The van der Waals surface area contributed by atoms with Gasteiger partial charge in [-0.15, -0.1) is 0 Å². The van der Waals surface area contributed by atoms with Crippen LogP contribution in [0.5, 0.6) is 0 Å². The normalized spacial score (nSPS) is 19.9. The summed E-state index contributed by atoms with van der Waals surface area (Å²) in [4.78, 5) is 53.2. The molecule has 31 heavy (non-hydrogen) atoms. The van der Waals surface area contributed by atoms with Crippen molar-refractivity contribution in [2.75, 3.05) is 6.54 Å². The fraction of sp³-hybridized carbons (Fsp3) is 0.565. The number of nitrogens with one attached hydrogen (secondary N) is 2. The van der Waals surface area contributed by atoms with E-state index in [1.54, 1.807) is 17.0 Å². The van der Waals surface area contributed by atoms with Crippen molar-refractivity contribution in [1.82, 2.24) is 20.4 Å². The summed E-state index contributed by atoms with van der Waals surface area (Å²) in [6.07, 6.45) is 4.90. The Balaban J connectivity index is 1.41. The average molecular weight is 427 g/mol. The summed E-state index contributed by atoms with van der Waals surface area (Å²) in [5, 5.41) is 5.73. The van der Waals surface area contributed by atoms with E-state index in [1.165, 1.54) is 0 Å². The first-order valence-corrected chi connectivity index (χ1v) is 11.2. The number of carbonyl (C=O) groups is 4. The van der Waals surface area contributed by atoms with Gasteiger partial charge >= 0.3 is 6.03 Å². The second kappa shape index (κ2) is 8.32. The molecule has 2 saturated carbocycles. The zero-order valence-electron chi connectivity index (χ0n) is 18.1. The number of urea groups is 1. The Bertz CT molecular complexity index is 885. The number of imide groups is 1. The molecule has 5 amide bonds. The highest BCUT2D eigenvalue weighted by molar-refractivity contribution is 6.09. The van der Waals surface area contributed by atoms with Gasteiger partial charge in [-0.25, -0.2) is 4.79 Å². The van der Waals surface area contributed by atoms with Crippen LogP contribution < -0.4 is 10.6 Å². The first kappa shape index (κ1) is 21.3. The van der Waals surface area contributed by atoms with Crippen LogP contribution in [-0.4, -0.2) is 57.7 Å². The largest absolute Gasteiger partial charge is 0.349 e. The van der Waals surface area contributed by atoms with Crippen molar-refractivity contribution < 1.29 is 19.2 Å². The van der Waals surface area contributed by atoms with Gasteiger partial charge in [0.15, 0.2) is 0 Å². The van der Waals surface area contributed by atoms with E-state index in [1.807, 2.05) is 26.0 Å². The first-order chi connectivity index (χ1) is 14.9. The minimum absolute atomic E-state index is 0.0712. The Hall–Kier alpha value is -2.90. The van der Waals surface area contributed by atoms with E-state index >= 15 is 0 Å². The molecule has 0 aromatic heterocycles. The highest BCUT2D eigenvalue weighted by Gasteiger charge is 2.49. The topological polar surface area (TPSA) is 98.8 Å². The summed E-state index contributed by atoms with van der Waals surface area (Å²) in [7, 11) is 0. The van der Waals surface area contributed by atoms with Crippen LogP contribution in [0.4, 0.5) is 4.79 Å². The number of benzene rings is 1. The number of nitrogens with zero attached hydrogens (tertiary/aromatic N) is 2. The number of amides is 5. The molecule has 0 atom stereocenters. The molecule has 1 aliphatic heterocycles. The third-order valence-electron chi connectivity index (χ3n) is 6.54. The molecule has 8 nitrogen and oxygen atoms in total. The summed E-state index contributed by atoms with van der Waals surface area (Å²) in [5.74, 6) is -0.625. The lowest BCUT2D eigenvalue weighted by Crippen LogP contribution is -2.47. The van der Waals surface area contributed by atoms with E-state index in [-0.39, 0.29) is 30.3 Å². The molecule has 3 fully saturated rings. The molecule has 0 radical (unpaired) electrons. The molecule has 0 spiro atoms. The summed E-state index contributed by atoms with van der Waals surface area (Å²) in [6.45, 7) is 3.87. The van der Waals surface area contributed by atoms with Crippen molar-refractivity contribution in [3.05, 3.63) is 35.4 Å². The molecule has 1 aromatic carbocycles. The predicted molar refractivity (Wildman–Crippen MR) is 114 cm³/mol. The number of hydrogen-bond acceptors (Lipinski definition) is 4. The van der Waals surface area contributed by atoms with Crippen molar-refractivity contribution in [2.45, 2.75) is 76.5 Å². The molecule has 0 bridgehead atoms. The SMILES string of the molecule is CCC1(CC)NC(=O)N(CC(=O)N(Cc2ccc(C(=O)NC3CC3)cc2)C2CC2)C1=O. The van der Waals surface area contributed by atoms with Gasteiger partial charge in [-0.2, -0.15) is 0 Å². The molecule has 166 valence electrons. The molecule has 8 heteroatoms. The maximum absolute atomic E-state index is 13.1. The van der Waals surface area contributed by atoms with Crippen LogP contribution in [0, 0.1) is 0 Å². The maximum atomic E-state index is 13.1. The highest BCUT2D eigenvalue weighted by Crippen LogP contribution is 2.30. The Morgan fingerprint density at radius 3 is 2.26 bits per heavy atom. The Kier molecular flexibility index (Phi) is 5.73. The van der Waals surface area contributed by atoms with Crippen LogP contribution in [-0.2, 0) is 16.1 Å². The van der Waals surface area contributed by atoms with E-state index in [2.05, 4.69) is 10.6 Å². The van der Waals surface area contributed by atoms with Crippen LogP contribution in [0.3, 0.4) is 0 Å². The molecule has 1 saturated heterocycles. The van der Waals surface area contributed by atoms with Crippen molar-refractivity contribution in [2.24, 2.45) is 0 Å². The van der Waals surface area contributed by atoms with E-state index in [4.69, 9.17) is 0 Å². The van der Waals surface area contributed by atoms with E-state index in [0.717, 1.165) is 36.1 Å².